The summed E-state index contributed by atoms with van der Waals surface area (Å²) in [6.45, 7) is 3.62. The summed E-state index contributed by atoms with van der Waals surface area (Å²) in [6, 6.07) is 7.90. The summed E-state index contributed by atoms with van der Waals surface area (Å²) < 4.78 is 0. The number of carbonyl (C=O) groups excluding carboxylic acids is 1. The average Bonchev–Trinajstić information content (AvgIpc) is 2.01. The maximum Gasteiger partial charge on any atom is 0.221 e. The molecule has 0 saturated carbocycles. The molecular weight excluding hydrogens is 242 g/mol. The van der Waals surface area contributed by atoms with E-state index in [-0.39, 0.29) is 5.91 Å². The van der Waals surface area contributed by atoms with Gasteiger partial charge in [-0.25, -0.2) is 0 Å². The summed E-state index contributed by atoms with van der Waals surface area (Å²) in [5.41, 5.74) is 2.09. The molecule has 0 saturated heterocycles. The van der Waals surface area contributed by atoms with Gasteiger partial charge in [0.2, 0.25) is 5.91 Å². The van der Waals surface area contributed by atoms with Crippen LogP contribution in [0.3, 0.4) is 0 Å². The first-order chi connectivity index (χ1) is 6.58. The molecule has 1 aromatic rings. The van der Waals surface area contributed by atoms with Gasteiger partial charge >= 0.3 is 0 Å². The maximum absolute atomic E-state index is 10.8. The van der Waals surface area contributed by atoms with Gasteiger partial charge in [-0.05, 0) is 24.1 Å². The number of nitrogens with one attached hydrogen (secondary N) is 1. The summed E-state index contributed by atoms with van der Waals surface area (Å²) in [7, 11) is 0. The fourth-order valence-corrected chi connectivity index (χ4v) is 1.68. The number of carbonyl (C=O) groups is 1. The van der Waals surface area contributed by atoms with Gasteiger partial charge in [-0.3, -0.25) is 4.79 Å². The van der Waals surface area contributed by atoms with E-state index in [1.807, 2.05) is 18.2 Å². The van der Waals surface area contributed by atoms with Crippen LogP contribution in [0, 0.1) is 0 Å². The van der Waals surface area contributed by atoms with Crippen molar-refractivity contribution in [3.63, 3.8) is 0 Å². The molecule has 0 spiro atoms. The van der Waals surface area contributed by atoms with E-state index in [4.69, 9.17) is 0 Å². The summed E-state index contributed by atoms with van der Waals surface area (Å²) in [6.07, 6.45) is 0.966. The SMILES string of the molecule is CC(=O)Nc1cccc(CC(C)Br)c1. The highest BCUT2D eigenvalue weighted by atomic mass is 79.9. The second-order valence-electron chi connectivity index (χ2n) is 3.37. The zero-order valence-corrected chi connectivity index (χ0v) is 9.97. The Bertz CT molecular complexity index is 323. The lowest BCUT2D eigenvalue weighted by molar-refractivity contribution is -0.114. The molecule has 1 rings (SSSR count). The van der Waals surface area contributed by atoms with Crippen LogP contribution in [-0.2, 0) is 11.2 Å². The minimum atomic E-state index is -0.0333. The molecular formula is C11H14BrNO. The van der Waals surface area contributed by atoms with E-state index >= 15 is 0 Å². The third-order valence-corrected chi connectivity index (χ3v) is 2.09. The molecule has 0 aliphatic rings. The Hall–Kier alpha value is -0.830. The van der Waals surface area contributed by atoms with Crippen molar-refractivity contribution in [2.45, 2.75) is 25.1 Å². The normalized spacial score (nSPS) is 12.2. The van der Waals surface area contributed by atoms with Crippen molar-refractivity contribution in [3.05, 3.63) is 29.8 Å². The molecule has 0 heterocycles. The topological polar surface area (TPSA) is 29.1 Å². The number of hydrogen-bond acceptors (Lipinski definition) is 1. The molecule has 0 aliphatic carbocycles. The number of amides is 1. The highest BCUT2D eigenvalue weighted by molar-refractivity contribution is 9.09. The Morgan fingerprint density at radius 3 is 2.86 bits per heavy atom. The minimum absolute atomic E-state index is 0.0333. The Kier molecular flexibility index (Phi) is 4.14. The Morgan fingerprint density at radius 2 is 2.29 bits per heavy atom. The van der Waals surface area contributed by atoms with Crippen molar-refractivity contribution < 1.29 is 4.79 Å². The molecule has 1 unspecified atom stereocenters. The molecule has 0 fully saturated rings. The van der Waals surface area contributed by atoms with E-state index in [1.54, 1.807) is 0 Å². The van der Waals surface area contributed by atoms with E-state index in [2.05, 4.69) is 34.2 Å². The zero-order valence-electron chi connectivity index (χ0n) is 8.38. The predicted octanol–water partition coefficient (Wildman–Crippen LogP) is 2.97. The number of rotatable bonds is 3. The highest BCUT2D eigenvalue weighted by Crippen LogP contribution is 2.14. The van der Waals surface area contributed by atoms with E-state index in [0.717, 1.165) is 12.1 Å². The standard InChI is InChI=1S/C11H14BrNO/c1-8(12)6-10-4-3-5-11(7-10)13-9(2)14/h3-5,7-8H,6H2,1-2H3,(H,13,14). The molecule has 3 heteroatoms. The van der Waals surface area contributed by atoms with Gasteiger partial charge in [-0.15, -0.1) is 0 Å². The van der Waals surface area contributed by atoms with Gasteiger partial charge in [-0.2, -0.15) is 0 Å². The lowest BCUT2D eigenvalue weighted by Gasteiger charge is -2.06. The van der Waals surface area contributed by atoms with Gasteiger partial charge in [-0.1, -0.05) is 35.0 Å². The molecule has 0 aliphatic heterocycles. The van der Waals surface area contributed by atoms with Gasteiger partial charge in [0.25, 0.3) is 0 Å². The van der Waals surface area contributed by atoms with Crippen molar-refractivity contribution >= 4 is 27.5 Å². The molecule has 0 bridgehead atoms. The maximum atomic E-state index is 10.8. The second kappa shape index (κ2) is 5.15. The molecule has 1 atom stereocenters. The lowest BCUT2D eigenvalue weighted by Crippen LogP contribution is -2.06. The first-order valence-electron chi connectivity index (χ1n) is 4.58. The van der Waals surface area contributed by atoms with Crippen LogP contribution < -0.4 is 5.32 Å². The van der Waals surface area contributed by atoms with Crippen LogP contribution in [0.1, 0.15) is 19.4 Å². The van der Waals surface area contributed by atoms with E-state index in [9.17, 15) is 4.79 Å². The first kappa shape index (κ1) is 11.2. The van der Waals surface area contributed by atoms with Gasteiger partial charge in [0.05, 0.1) is 0 Å². The Labute approximate surface area is 92.8 Å². The molecule has 1 N–H and O–H groups in total. The third kappa shape index (κ3) is 3.92. The summed E-state index contributed by atoms with van der Waals surface area (Å²) in [5, 5.41) is 2.76. The number of hydrogen-bond donors (Lipinski definition) is 1. The summed E-state index contributed by atoms with van der Waals surface area (Å²) in [5.74, 6) is -0.0333. The number of anilines is 1. The molecule has 1 amide bonds. The van der Waals surface area contributed by atoms with E-state index in [1.165, 1.54) is 12.5 Å². The Balaban J connectivity index is 2.73. The zero-order chi connectivity index (χ0) is 10.6. The van der Waals surface area contributed by atoms with Gasteiger partial charge in [0, 0.05) is 17.4 Å². The first-order valence-corrected chi connectivity index (χ1v) is 5.50. The average molecular weight is 256 g/mol. The molecule has 0 radical (unpaired) electrons. The lowest BCUT2D eigenvalue weighted by atomic mass is 10.1. The van der Waals surface area contributed by atoms with Crippen LogP contribution in [0.15, 0.2) is 24.3 Å². The van der Waals surface area contributed by atoms with Crippen LogP contribution in [0.2, 0.25) is 0 Å². The number of halogens is 1. The summed E-state index contributed by atoms with van der Waals surface area (Å²) in [4.78, 5) is 11.3. The quantitative estimate of drug-likeness (QED) is 0.827. The predicted molar refractivity (Wildman–Crippen MR) is 62.8 cm³/mol. The Morgan fingerprint density at radius 1 is 1.57 bits per heavy atom. The van der Waals surface area contributed by atoms with Crippen LogP contribution in [0.5, 0.6) is 0 Å². The second-order valence-corrected chi connectivity index (χ2v) is 4.93. The van der Waals surface area contributed by atoms with Crippen LogP contribution in [-0.4, -0.2) is 10.7 Å². The third-order valence-electron chi connectivity index (χ3n) is 1.76. The van der Waals surface area contributed by atoms with E-state index in [0.29, 0.717) is 4.83 Å². The van der Waals surface area contributed by atoms with Crippen molar-refractivity contribution in [2.75, 3.05) is 5.32 Å². The molecule has 0 aromatic heterocycles. The van der Waals surface area contributed by atoms with Crippen LogP contribution >= 0.6 is 15.9 Å². The van der Waals surface area contributed by atoms with Gasteiger partial charge in [0.15, 0.2) is 0 Å². The van der Waals surface area contributed by atoms with Crippen molar-refractivity contribution in [1.29, 1.82) is 0 Å². The van der Waals surface area contributed by atoms with E-state index < -0.39 is 0 Å². The molecule has 1 aromatic carbocycles. The monoisotopic (exact) mass is 255 g/mol. The molecule has 2 nitrogen and oxygen atoms in total. The van der Waals surface area contributed by atoms with Crippen molar-refractivity contribution in [1.82, 2.24) is 0 Å². The fourth-order valence-electron chi connectivity index (χ4n) is 1.30. The van der Waals surface area contributed by atoms with Gasteiger partial charge in [0.1, 0.15) is 0 Å². The number of alkyl halides is 1. The number of benzene rings is 1. The highest BCUT2D eigenvalue weighted by Gasteiger charge is 2.00. The molecule has 76 valence electrons. The minimum Gasteiger partial charge on any atom is -0.326 e. The van der Waals surface area contributed by atoms with Crippen LogP contribution in [0.25, 0.3) is 0 Å². The van der Waals surface area contributed by atoms with Crippen molar-refractivity contribution in [2.24, 2.45) is 0 Å². The molecule has 14 heavy (non-hydrogen) atoms. The summed E-state index contributed by atoms with van der Waals surface area (Å²) >= 11 is 3.50. The van der Waals surface area contributed by atoms with Crippen molar-refractivity contribution in [3.8, 4) is 0 Å². The smallest absolute Gasteiger partial charge is 0.221 e. The van der Waals surface area contributed by atoms with Gasteiger partial charge < -0.3 is 5.32 Å². The van der Waals surface area contributed by atoms with Crippen LogP contribution in [0.4, 0.5) is 5.69 Å². The largest absolute Gasteiger partial charge is 0.326 e. The fraction of sp³-hybridized carbons (Fsp3) is 0.364.